The lowest BCUT2D eigenvalue weighted by Crippen LogP contribution is -2.25. The third-order valence-electron chi connectivity index (χ3n) is 16.6. The number of rotatable bonds is 18. The molecule has 9 aromatic rings. The zero-order valence-electron chi connectivity index (χ0n) is 41.0. The van der Waals surface area contributed by atoms with Crippen LogP contribution in [0.4, 0.5) is 0 Å². The molecule has 0 atom stereocenters. The van der Waals surface area contributed by atoms with Gasteiger partial charge in [-0.1, -0.05) is 196 Å². The number of fused-ring (bicyclic) bond motifs is 12. The van der Waals surface area contributed by atoms with Crippen molar-refractivity contribution in [3.05, 3.63) is 167 Å². The first-order valence-electron chi connectivity index (χ1n) is 26.5. The average Bonchev–Trinajstić information content (AvgIpc) is 4.06. The van der Waals surface area contributed by atoms with Crippen molar-refractivity contribution in [2.75, 3.05) is 0 Å². The van der Waals surface area contributed by atoms with Crippen LogP contribution in [0.5, 0.6) is 0 Å². The quantitative estimate of drug-likeness (QED) is 0.0760. The average molecular weight is 879 g/mol. The summed E-state index contributed by atoms with van der Waals surface area (Å²) in [6.45, 7) is 11.8. The second kappa shape index (κ2) is 18.0. The maximum Gasteiger partial charge on any atom is 0.0580 e. The van der Waals surface area contributed by atoms with Gasteiger partial charge >= 0.3 is 0 Å². The second-order valence-electron chi connectivity index (χ2n) is 20.4. The third-order valence-corrected chi connectivity index (χ3v) is 16.6. The van der Waals surface area contributed by atoms with Gasteiger partial charge in [0.2, 0.25) is 0 Å². The van der Waals surface area contributed by atoms with Crippen LogP contribution < -0.4 is 0 Å². The fourth-order valence-electron chi connectivity index (χ4n) is 13.4. The standard InChI is InChI=1S/C65H70N2/c1-6-11-16-29-53-62-52-28-20-24-33-60(52)66(45-34-36-49-47-25-17-21-30-55(47)64(38-12-7-2,39-13-8-3)57(49)42-45)61(62)44-54-51-27-19-23-32-59(51)67(63(53)54)46-35-37-50-48-26-18-22-31-56(48)65(40-14-9-4,41-15-10-5)58(50)43-46/h17-28,30-37,42-44H,6-16,29,38-41H2,1-5H3. The molecule has 0 radical (unpaired) electrons. The molecule has 0 saturated carbocycles. The Kier molecular flexibility index (Phi) is 11.7. The number of unbranched alkanes of at least 4 members (excludes halogenated alkanes) is 6. The first-order chi connectivity index (χ1) is 33.0. The molecular formula is C65H70N2. The predicted molar refractivity (Wildman–Crippen MR) is 289 cm³/mol. The molecule has 0 saturated heterocycles. The van der Waals surface area contributed by atoms with E-state index < -0.39 is 0 Å². The van der Waals surface area contributed by atoms with Gasteiger partial charge in [-0.3, -0.25) is 0 Å². The molecule has 2 heterocycles. The first-order valence-corrected chi connectivity index (χ1v) is 26.5. The smallest absolute Gasteiger partial charge is 0.0580 e. The van der Waals surface area contributed by atoms with Gasteiger partial charge in [0.1, 0.15) is 0 Å². The van der Waals surface area contributed by atoms with E-state index in [9.17, 15) is 0 Å². The summed E-state index contributed by atoms with van der Waals surface area (Å²) >= 11 is 0. The van der Waals surface area contributed by atoms with E-state index in [1.54, 1.807) is 11.1 Å². The van der Waals surface area contributed by atoms with Crippen molar-refractivity contribution < 1.29 is 0 Å². The van der Waals surface area contributed by atoms with Crippen LogP contribution >= 0.6 is 0 Å². The molecule has 0 amide bonds. The Morgan fingerprint density at radius 3 is 1.34 bits per heavy atom. The van der Waals surface area contributed by atoms with E-state index in [4.69, 9.17) is 0 Å². The van der Waals surface area contributed by atoms with Gasteiger partial charge in [0.05, 0.1) is 22.1 Å². The number of nitrogens with zero attached hydrogens (tertiary/aromatic N) is 2. The molecule has 11 rings (SSSR count). The van der Waals surface area contributed by atoms with Gasteiger partial charge in [-0.25, -0.2) is 0 Å². The molecule has 2 aromatic heterocycles. The highest BCUT2D eigenvalue weighted by Crippen LogP contribution is 2.57. The van der Waals surface area contributed by atoms with Gasteiger partial charge < -0.3 is 9.13 Å². The highest BCUT2D eigenvalue weighted by molar-refractivity contribution is 6.21. The van der Waals surface area contributed by atoms with Crippen molar-refractivity contribution >= 4 is 43.6 Å². The number of benzene rings is 7. The van der Waals surface area contributed by atoms with E-state index in [0.29, 0.717) is 0 Å². The Balaban J connectivity index is 1.19. The maximum atomic E-state index is 2.69. The van der Waals surface area contributed by atoms with Gasteiger partial charge in [-0.15, -0.1) is 0 Å². The number of aryl methyl sites for hydroxylation is 1. The molecule has 7 aromatic carbocycles. The minimum Gasteiger partial charge on any atom is -0.309 e. The maximum absolute atomic E-state index is 2.69. The van der Waals surface area contributed by atoms with Crippen molar-refractivity contribution in [2.45, 2.75) is 148 Å². The van der Waals surface area contributed by atoms with Gasteiger partial charge in [0, 0.05) is 43.7 Å². The summed E-state index contributed by atoms with van der Waals surface area (Å²) < 4.78 is 5.34. The summed E-state index contributed by atoms with van der Waals surface area (Å²) in [5, 5.41) is 5.48. The summed E-state index contributed by atoms with van der Waals surface area (Å²) in [6, 6.07) is 55.1. The summed E-state index contributed by atoms with van der Waals surface area (Å²) in [7, 11) is 0. The summed E-state index contributed by atoms with van der Waals surface area (Å²) in [4.78, 5) is 0. The summed E-state index contributed by atoms with van der Waals surface area (Å²) in [6.07, 6.45) is 19.2. The topological polar surface area (TPSA) is 9.86 Å². The van der Waals surface area contributed by atoms with Crippen LogP contribution in [0.2, 0.25) is 0 Å². The molecule has 67 heavy (non-hydrogen) atoms. The van der Waals surface area contributed by atoms with E-state index in [1.807, 2.05) is 0 Å². The highest BCUT2D eigenvalue weighted by Gasteiger charge is 2.44. The van der Waals surface area contributed by atoms with Crippen molar-refractivity contribution in [1.82, 2.24) is 9.13 Å². The molecule has 2 nitrogen and oxygen atoms in total. The van der Waals surface area contributed by atoms with E-state index in [0.717, 1.165) is 12.8 Å². The van der Waals surface area contributed by atoms with Crippen LogP contribution in [0.25, 0.3) is 77.2 Å². The number of hydrogen-bond donors (Lipinski definition) is 0. The van der Waals surface area contributed by atoms with Gasteiger partial charge in [-0.05, 0) is 131 Å². The summed E-state index contributed by atoms with van der Waals surface area (Å²) in [5.41, 5.74) is 21.4. The second-order valence-corrected chi connectivity index (χ2v) is 20.4. The molecule has 0 spiro atoms. The molecule has 0 aliphatic heterocycles. The fraction of sp³-hybridized carbons (Fsp3) is 0.354. The Hall–Kier alpha value is -5.86. The Morgan fingerprint density at radius 1 is 0.358 bits per heavy atom. The SMILES string of the molecule is CCCCCc1c2c3ccccc3n(-c3ccc4c(c3)C(CCCC)(CCCC)c3ccccc3-4)c2cc2c3ccccc3n(-c3ccc4c(c3)C(CCCC)(CCCC)c3ccccc3-4)c12. The fourth-order valence-corrected chi connectivity index (χ4v) is 13.4. The van der Waals surface area contributed by atoms with Crippen LogP contribution in [0.3, 0.4) is 0 Å². The Morgan fingerprint density at radius 2 is 0.806 bits per heavy atom. The van der Waals surface area contributed by atoms with Gasteiger partial charge in [-0.2, -0.15) is 0 Å². The monoisotopic (exact) mass is 879 g/mol. The normalized spacial score (nSPS) is 14.3. The predicted octanol–water partition coefficient (Wildman–Crippen LogP) is 18.9. The lowest BCUT2D eigenvalue weighted by molar-refractivity contribution is 0.414. The largest absolute Gasteiger partial charge is 0.309 e. The molecule has 340 valence electrons. The van der Waals surface area contributed by atoms with Gasteiger partial charge in [0.15, 0.2) is 0 Å². The molecule has 0 unspecified atom stereocenters. The van der Waals surface area contributed by atoms with Gasteiger partial charge in [0.25, 0.3) is 0 Å². The first kappa shape index (κ1) is 43.7. The highest BCUT2D eigenvalue weighted by atomic mass is 15.0. The Labute approximate surface area is 400 Å². The summed E-state index contributed by atoms with van der Waals surface area (Å²) in [5.74, 6) is 0. The van der Waals surface area contributed by atoms with E-state index >= 15 is 0 Å². The van der Waals surface area contributed by atoms with E-state index in [1.165, 1.54) is 184 Å². The minimum absolute atomic E-state index is 0.0270. The zero-order chi connectivity index (χ0) is 45.7. The lowest BCUT2D eigenvalue weighted by atomic mass is 9.71. The molecule has 2 heteroatoms. The van der Waals surface area contributed by atoms with Crippen molar-refractivity contribution in [3.8, 4) is 33.6 Å². The van der Waals surface area contributed by atoms with Crippen LogP contribution in [-0.2, 0) is 17.3 Å². The molecule has 0 fully saturated rings. The van der Waals surface area contributed by atoms with Crippen LogP contribution in [0, 0.1) is 0 Å². The van der Waals surface area contributed by atoms with Crippen molar-refractivity contribution in [2.24, 2.45) is 0 Å². The number of para-hydroxylation sites is 2. The molecule has 2 aliphatic carbocycles. The molecule has 2 aliphatic rings. The Bertz CT molecular complexity index is 3260. The van der Waals surface area contributed by atoms with Crippen LogP contribution in [0.1, 0.15) is 159 Å². The molecule has 0 N–H and O–H groups in total. The van der Waals surface area contributed by atoms with Crippen LogP contribution in [-0.4, -0.2) is 9.13 Å². The number of hydrogen-bond acceptors (Lipinski definition) is 0. The minimum atomic E-state index is 0.0270. The third kappa shape index (κ3) is 6.78. The van der Waals surface area contributed by atoms with E-state index in [-0.39, 0.29) is 10.8 Å². The van der Waals surface area contributed by atoms with Crippen molar-refractivity contribution in [3.63, 3.8) is 0 Å². The lowest BCUT2D eigenvalue weighted by Gasteiger charge is -2.33. The number of aromatic nitrogens is 2. The van der Waals surface area contributed by atoms with Crippen LogP contribution in [0.15, 0.2) is 140 Å². The molecule has 0 bridgehead atoms. The zero-order valence-corrected chi connectivity index (χ0v) is 41.0. The van der Waals surface area contributed by atoms with Crippen molar-refractivity contribution in [1.29, 1.82) is 0 Å². The molecular weight excluding hydrogens is 809 g/mol. The van der Waals surface area contributed by atoms with E-state index in [2.05, 4.69) is 183 Å².